The zero-order valence-electron chi connectivity index (χ0n) is 16.3. The number of para-hydroxylation sites is 1. The Morgan fingerprint density at radius 3 is 2.63 bits per heavy atom. The molecule has 0 radical (unpaired) electrons. The lowest BCUT2D eigenvalue weighted by molar-refractivity contribution is -0.383. The topological polar surface area (TPSA) is 108 Å². The van der Waals surface area contributed by atoms with Crippen molar-refractivity contribution in [1.29, 1.82) is 0 Å². The van der Waals surface area contributed by atoms with Crippen molar-refractivity contribution in [2.24, 2.45) is 0 Å². The van der Waals surface area contributed by atoms with E-state index in [1.807, 2.05) is 23.6 Å². The van der Waals surface area contributed by atoms with E-state index in [9.17, 15) is 19.7 Å². The van der Waals surface area contributed by atoms with Crippen molar-refractivity contribution in [3.63, 3.8) is 0 Å². The Morgan fingerprint density at radius 1 is 1.17 bits per heavy atom. The molecule has 0 aliphatic carbocycles. The molecular formula is C21H20N4O4S. The zero-order valence-corrected chi connectivity index (χ0v) is 17.1. The molecule has 1 aliphatic rings. The number of amides is 2. The molecule has 2 amide bonds. The Hall–Kier alpha value is -3.33. The summed E-state index contributed by atoms with van der Waals surface area (Å²) in [5, 5.41) is 14.6. The number of benzene rings is 2. The van der Waals surface area contributed by atoms with Gasteiger partial charge in [0.2, 0.25) is 0 Å². The Labute approximate surface area is 176 Å². The molecule has 2 N–H and O–H groups in total. The second-order valence-corrected chi connectivity index (χ2v) is 8.29. The zero-order chi connectivity index (χ0) is 21.3. The van der Waals surface area contributed by atoms with E-state index >= 15 is 0 Å². The minimum Gasteiger partial charge on any atom is -0.345 e. The van der Waals surface area contributed by atoms with E-state index < -0.39 is 10.8 Å². The fourth-order valence-corrected chi connectivity index (χ4v) is 4.39. The van der Waals surface area contributed by atoms with Crippen LogP contribution >= 0.6 is 11.8 Å². The third-order valence-corrected chi connectivity index (χ3v) is 6.04. The molecule has 2 aromatic carbocycles. The van der Waals surface area contributed by atoms with Crippen LogP contribution in [0.5, 0.6) is 0 Å². The van der Waals surface area contributed by atoms with Gasteiger partial charge < -0.3 is 15.2 Å². The molecule has 4 rings (SSSR count). The highest BCUT2D eigenvalue weighted by Gasteiger charge is 2.20. The number of anilines is 1. The second-order valence-electron chi connectivity index (χ2n) is 7.07. The van der Waals surface area contributed by atoms with Gasteiger partial charge >= 0.3 is 0 Å². The lowest BCUT2D eigenvalue weighted by Crippen LogP contribution is -2.37. The fraction of sp³-hybridized carbons (Fsp3) is 0.238. The first kappa shape index (κ1) is 20.0. The van der Waals surface area contributed by atoms with E-state index in [2.05, 4.69) is 10.3 Å². The number of aromatic nitrogens is 1. The highest BCUT2D eigenvalue weighted by Crippen LogP contribution is 2.26. The van der Waals surface area contributed by atoms with Gasteiger partial charge in [-0.15, -0.1) is 0 Å². The van der Waals surface area contributed by atoms with Crippen LogP contribution in [0, 0.1) is 17.0 Å². The molecule has 8 nitrogen and oxygen atoms in total. The largest absolute Gasteiger partial charge is 0.345 e. The van der Waals surface area contributed by atoms with E-state index in [1.54, 1.807) is 36.4 Å². The minimum atomic E-state index is -0.485. The first-order chi connectivity index (χ1) is 14.4. The maximum atomic E-state index is 12.7. The first-order valence-electron chi connectivity index (χ1n) is 9.49. The number of aryl methyl sites for hydroxylation is 1. The van der Waals surface area contributed by atoms with Gasteiger partial charge in [0.1, 0.15) is 11.2 Å². The van der Waals surface area contributed by atoms with Gasteiger partial charge in [0, 0.05) is 47.3 Å². The molecular weight excluding hydrogens is 404 g/mol. The quantitative estimate of drug-likeness (QED) is 0.489. The second kappa shape index (κ2) is 8.19. The summed E-state index contributed by atoms with van der Waals surface area (Å²) in [7, 11) is 0. The molecule has 0 atom stereocenters. The number of hydrogen-bond acceptors (Lipinski definition) is 5. The number of hydrogen-bond donors (Lipinski definition) is 2. The highest BCUT2D eigenvalue weighted by atomic mass is 32.2. The van der Waals surface area contributed by atoms with Crippen LogP contribution in [0.15, 0.2) is 42.5 Å². The maximum absolute atomic E-state index is 12.7. The van der Waals surface area contributed by atoms with Crippen LogP contribution < -0.4 is 5.32 Å². The normalized spacial score (nSPS) is 14.0. The molecule has 0 spiro atoms. The summed E-state index contributed by atoms with van der Waals surface area (Å²) in [6.45, 7) is 3.32. The standard InChI is InChI=1S/C21H20N4O4S/c1-13-11-15(21(27)24-7-9-30-10-8-24)5-6-16(13)23-20(26)17-12-14-3-2-4-18(25(28)29)19(14)22-17/h2-6,11-12,22H,7-10H2,1H3,(H,23,26). The van der Waals surface area contributed by atoms with Gasteiger partial charge in [-0.25, -0.2) is 0 Å². The fourth-order valence-electron chi connectivity index (χ4n) is 3.49. The Kier molecular flexibility index (Phi) is 5.45. The third kappa shape index (κ3) is 3.88. The van der Waals surface area contributed by atoms with Gasteiger partial charge in [0.15, 0.2) is 0 Å². The molecule has 0 bridgehead atoms. The van der Waals surface area contributed by atoms with Crippen molar-refractivity contribution in [2.45, 2.75) is 6.92 Å². The van der Waals surface area contributed by atoms with Crippen LogP contribution in [0.1, 0.15) is 26.4 Å². The molecule has 3 aromatic rings. The van der Waals surface area contributed by atoms with Crippen molar-refractivity contribution in [2.75, 3.05) is 29.9 Å². The van der Waals surface area contributed by atoms with E-state index in [0.29, 0.717) is 22.2 Å². The Morgan fingerprint density at radius 2 is 1.93 bits per heavy atom. The number of nitro benzene ring substituents is 1. The SMILES string of the molecule is Cc1cc(C(=O)N2CCSCC2)ccc1NC(=O)c1cc2cccc([N+](=O)[O-])c2[nH]1. The molecule has 2 heterocycles. The van der Waals surface area contributed by atoms with Crippen LogP contribution in [0.3, 0.4) is 0 Å². The number of nitrogens with zero attached hydrogens (tertiary/aromatic N) is 2. The first-order valence-corrected chi connectivity index (χ1v) is 10.6. The molecule has 154 valence electrons. The van der Waals surface area contributed by atoms with Gasteiger partial charge in [-0.1, -0.05) is 12.1 Å². The molecule has 1 fully saturated rings. The molecule has 0 unspecified atom stereocenters. The van der Waals surface area contributed by atoms with Crippen molar-refractivity contribution >= 4 is 45.9 Å². The number of non-ortho nitro benzene ring substituents is 1. The van der Waals surface area contributed by atoms with Gasteiger partial charge in [0.25, 0.3) is 17.5 Å². The van der Waals surface area contributed by atoms with Gasteiger partial charge in [-0.3, -0.25) is 19.7 Å². The molecule has 0 saturated carbocycles. The maximum Gasteiger partial charge on any atom is 0.293 e. The Bertz CT molecular complexity index is 1150. The third-order valence-electron chi connectivity index (χ3n) is 5.10. The van der Waals surface area contributed by atoms with Crippen LogP contribution in [0.2, 0.25) is 0 Å². The van der Waals surface area contributed by atoms with Crippen LogP contribution in [0.4, 0.5) is 11.4 Å². The Balaban J connectivity index is 1.53. The van der Waals surface area contributed by atoms with E-state index in [4.69, 9.17) is 0 Å². The summed E-state index contributed by atoms with van der Waals surface area (Å²) in [6.07, 6.45) is 0. The number of thioether (sulfide) groups is 1. The summed E-state index contributed by atoms with van der Waals surface area (Å²) in [4.78, 5) is 40.7. The van der Waals surface area contributed by atoms with E-state index in [0.717, 1.165) is 30.2 Å². The molecule has 30 heavy (non-hydrogen) atoms. The number of fused-ring (bicyclic) bond motifs is 1. The summed E-state index contributed by atoms with van der Waals surface area (Å²) in [5.74, 6) is 1.48. The summed E-state index contributed by atoms with van der Waals surface area (Å²) in [6, 6.07) is 11.5. The monoisotopic (exact) mass is 424 g/mol. The minimum absolute atomic E-state index is 0.000737. The number of rotatable bonds is 4. The predicted octanol–water partition coefficient (Wildman–Crippen LogP) is 3.83. The number of aromatic amines is 1. The highest BCUT2D eigenvalue weighted by molar-refractivity contribution is 7.99. The van der Waals surface area contributed by atoms with Gasteiger partial charge in [0.05, 0.1) is 4.92 Å². The van der Waals surface area contributed by atoms with Crippen LogP contribution in [-0.4, -0.2) is 51.2 Å². The summed E-state index contributed by atoms with van der Waals surface area (Å²) in [5.41, 5.74) is 2.40. The predicted molar refractivity (Wildman–Crippen MR) is 117 cm³/mol. The van der Waals surface area contributed by atoms with Crippen molar-refractivity contribution in [3.05, 3.63) is 69.4 Å². The van der Waals surface area contributed by atoms with E-state index in [-0.39, 0.29) is 17.3 Å². The number of carbonyl (C=O) groups excluding carboxylic acids is 2. The number of nitro groups is 1. The summed E-state index contributed by atoms with van der Waals surface area (Å²) >= 11 is 1.84. The van der Waals surface area contributed by atoms with Crippen molar-refractivity contribution in [1.82, 2.24) is 9.88 Å². The van der Waals surface area contributed by atoms with Crippen molar-refractivity contribution < 1.29 is 14.5 Å². The van der Waals surface area contributed by atoms with Gasteiger partial charge in [-0.05, 0) is 36.8 Å². The molecule has 1 saturated heterocycles. The van der Waals surface area contributed by atoms with Crippen LogP contribution in [-0.2, 0) is 0 Å². The lowest BCUT2D eigenvalue weighted by atomic mass is 10.1. The summed E-state index contributed by atoms with van der Waals surface area (Å²) < 4.78 is 0. The number of carbonyl (C=O) groups is 2. The lowest BCUT2D eigenvalue weighted by Gasteiger charge is -2.26. The number of nitrogens with one attached hydrogen (secondary N) is 2. The van der Waals surface area contributed by atoms with Crippen molar-refractivity contribution in [3.8, 4) is 0 Å². The molecule has 1 aromatic heterocycles. The average Bonchev–Trinajstić information content (AvgIpc) is 3.19. The molecule has 9 heteroatoms. The van der Waals surface area contributed by atoms with Crippen LogP contribution in [0.25, 0.3) is 10.9 Å². The average molecular weight is 424 g/mol. The van der Waals surface area contributed by atoms with Gasteiger partial charge in [-0.2, -0.15) is 11.8 Å². The number of H-pyrrole nitrogens is 1. The smallest absolute Gasteiger partial charge is 0.293 e. The molecule has 1 aliphatic heterocycles. The van der Waals surface area contributed by atoms with E-state index in [1.165, 1.54) is 6.07 Å².